The predicted octanol–water partition coefficient (Wildman–Crippen LogP) is 3.81. The number of hydrogen-bond donors (Lipinski definition) is 1. The van der Waals surface area contributed by atoms with Crippen molar-refractivity contribution < 1.29 is 0 Å². The fourth-order valence-corrected chi connectivity index (χ4v) is 2.07. The molecule has 0 aliphatic rings. The standard InChI is InChI=1S/C13H13Cl2N3/c1-2-16-12-5-6-17-13(18-12)7-9-3-4-10(14)8-11(9)15/h3-6,8H,2,7H2,1H3,(H,16,17,18). The smallest absolute Gasteiger partial charge is 0.135 e. The van der Waals surface area contributed by atoms with Gasteiger partial charge in [0, 0.05) is 29.2 Å². The zero-order chi connectivity index (χ0) is 13.0. The molecule has 0 saturated carbocycles. The van der Waals surface area contributed by atoms with Crippen molar-refractivity contribution in [1.29, 1.82) is 0 Å². The van der Waals surface area contributed by atoms with Crippen LogP contribution in [0.2, 0.25) is 10.0 Å². The first-order chi connectivity index (χ1) is 8.69. The lowest BCUT2D eigenvalue weighted by Crippen LogP contribution is -2.03. The Kier molecular flexibility index (Phi) is 4.39. The van der Waals surface area contributed by atoms with Crippen LogP contribution in [0.4, 0.5) is 5.82 Å². The SMILES string of the molecule is CCNc1ccnc(Cc2ccc(Cl)cc2Cl)n1. The molecule has 0 unspecified atom stereocenters. The fourth-order valence-electron chi connectivity index (χ4n) is 1.60. The van der Waals surface area contributed by atoms with Gasteiger partial charge in [-0.15, -0.1) is 0 Å². The normalized spacial score (nSPS) is 10.4. The van der Waals surface area contributed by atoms with Crippen LogP contribution in [-0.2, 0) is 6.42 Å². The van der Waals surface area contributed by atoms with Crippen LogP contribution in [0.5, 0.6) is 0 Å². The van der Waals surface area contributed by atoms with E-state index < -0.39 is 0 Å². The Bertz CT molecular complexity index is 544. The molecule has 0 aliphatic heterocycles. The molecule has 0 aliphatic carbocycles. The number of nitrogens with zero attached hydrogens (tertiary/aromatic N) is 2. The van der Waals surface area contributed by atoms with Gasteiger partial charge in [0.15, 0.2) is 0 Å². The quantitative estimate of drug-likeness (QED) is 0.926. The fraction of sp³-hybridized carbons (Fsp3) is 0.231. The molecule has 0 radical (unpaired) electrons. The predicted molar refractivity (Wildman–Crippen MR) is 75.5 cm³/mol. The number of rotatable bonds is 4. The summed E-state index contributed by atoms with van der Waals surface area (Å²) in [6.07, 6.45) is 2.33. The van der Waals surface area contributed by atoms with Crippen LogP contribution in [0, 0.1) is 0 Å². The first-order valence-electron chi connectivity index (χ1n) is 5.68. The average molecular weight is 282 g/mol. The van der Waals surface area contributed by atoms with E-state index in [1.165, 1.54) is 0 Å². The van der Waals surface area contributed by atoms with Crippen molar-refractivity contribution in [3.05, 3.63) is 51.9 Å². The maximum Gasteiger partial charge on any atom is 0.135 e. The average Bonchev–Trinajstić information content (AvgIpc) is 2.34. The van der Waals surface area contributed by atoms with Gasteiger partial charge in [-0.3, -0.25) is 0 Å². The van der Waals surface area contributed by atoms with Gasteiger partial charge in [-0.05, 0) is 30.7 Å². The second kappa shape index (κ2) is 6.03. The van der Waals surface area contributed by atoms with E-state index >= 15 is 0 Å². The molecular weight excluding hydrogens is 269 g/mol. The summed E-state index contributed by atoms with van der Waals surface area (Å²) in [5.41, 5.74) is 0.967. The largest absolute Gasteiger partial charge is 0.370 e. The topological polar surface area (TPSA) is 37.8 Å². The van der Waals surface area contributed by atoms with Crippen LogP contribution in [-0.4, -0.2) is 16.5 Å². The van der Waals surface area contributed by atoms with Crippen molar-refractivity contribution in [1.82, 2.24) is 9.97 Å². The molecule has 1 heterocycles. The lowest BCUT2D eigenvalue weighted by molar-refractivity contribution is 0.962. The lowest BCUT2D eigenvalue weighted by atomic mass is 10.1. The maximum absolute atomic E-state index is 6.12. The molecular formula is C13H13Cl2N3. The van der Waals surface area contributed by atoms with E-state index in [2.05, 4.69) is 15.3 Å². The van der Waals surface area contributed by atoms with E-state index in [-0.39, 0.29) is 0 Å². The summed E-state index contributed by atoms with van der Waals surface area (Å²) in [6.45, 7) is 2.86. The van der Waals surface area contributed by atoms with Crippen LogP contribution >= 0.6 is 23.2 Å². The molecule has 2 aromatic rings. The molecule has 0 bridgehead atoms. The minimum atomic E-state index is 0.592. The summed E-state index contributed by atoms with van der Waals surface area (Å²) >= 11 is 12.0. The highest BCUT2D eigenvalue weighted by Crippen LogP contribution is 2.22. The van der Waals surface area contributed by atoms with Crippen molar-refractivity contribution in [2.45, 2.75) is 13.3 Å². The molecule has 0 atom stereocenters. The Morgan fingerprint density at radius 1 is 1.22 bits per heavy atom. The first-order valence-corrected chi connectivity index (χ1v) is 6.44. The van der Waals surface area contributed by atoms with Gasteiger partial charge in [0.25, 0.3) is 0 Å². The van der Waals surface area contributed by atoms with Gasteiger partial charge < -0.3 is 5.32 Å². The van der Waals surface area contributed by atoms with Gasteiger partial charge in [0.1, 0.15) is 11.6 Å². The van der Waals surface area contributed by atoms with Gasteiger partial charge in [0.2, 0.25) is 0 Å². The number of aromatic nitrogens is 2. The second-order valence-electron chi connectivity index (χ2n) is 3.80. The minimum Gasteiger partial charge on any atom is -0.370 e. The summed E-state index contributed by atoms with van der Waals surface area (Å²) < 4.78 is 0. The van der Waals surface area contributed by atoms with Crippen molar-refractivity contribution in [3.63, 3.8) is 0 Å². The third kappa shape index (κ3) is 3.34. The number of halogens is 2. The van der Waals surface area contributed by atoms with Gasteiger partial charge in [-0.2, -0.15) is 0 Å². The van der Waals surface area contributed by atoms with Gasteiger partial charge in [-0.1, -0.05) is 29.3 Å². The van der Waals surface area contributed by atoms with E-state index in [1.54, 1.807) is 12.3 Å². The summed E-state index contributed by atoms with van der Waals surface area (Å²) in [7, 11) is 0. The van der Waals surface area contributed by atoms with E-state index in [4.69, 9.17) is 23.2 Å². The molecule has 0 amide bonds. The molecule has 2 rings (SSSR count). The Hall–Kier alpha value is -1.32. The highest BCUT2D eigenvalue weighted by molar-refractivity contribution is 6.35. The second-order valence-corrected chi connectivity index (χ2v) is 4.64. The lowest BCUT2D eigenvalue weighted by Gasteiger charge is -2.06. The Morgan fingerprint density at radius 2 is 2.06 bits per heavy atom. The third-order valence-corrected chi connectivity index (χ3v) is 3.01. The molecule has 1 aromatic heterocycles. The van der Waals surface area contributed by atoms with E-state index in [9.17, 15) is 0 Å². The number of nitrogens with one attached hydrogen (secondary N) is 1. The third-order valence-electron chi connectivity index (χ3n) is 2.43. The van der Waals surface area contributed by atoms with E-state index in [1.807, 2.05) is 25.1 Å². The molecule has 94 valence electrons. The van der Waals surface area contributed by atoms with Crippen molar-refractivity contribution in [2.24, 2.45) is 0 Å². The molecule has 0 fully saturated rings. The van der Waals surface area contributed by atoms with Crippen LogP contribution in [0.15, 0.2) is 30.5 Å². The monoisotopic (exact) mass is 281 g/mol. The highest BCUT2D eigenvalue weighted by Gasteiger charge is 2.05. The first kappa shape index (κ1) is 13.1. The summed E-state index contributed by atoms with van der Waals surface area (Å²) in [5, 5.41) is 4.42. The molecule has 1 N–H and O–H groups in total. The number of hydrogen-bond acceptors (Lipinski definition) is 3. The van der Waals surface area contributed by atoms with Crippen LogP contribution < -0.4 is 5.32 Å². The summed E-state index contributed by atoms with van der Waals surface area (Å²) in [5.74, 6) is 1.56. The van der Waals surface area contributed by atoms with Crippen LogP contribution in [0.25, 0.3) is 0 Å². The summed E-state index contributed by atoms with van der Waals surface area (Å²) in [4.78, 5) is 8.65. The number of anilines is 1. The van der Waals surface area contributed by atoms with Gasteiger partial charge >= 0.3 is 0 Å². The Balaban J connectivity index is 2.20. The molecule has 18 heavy (non-hydrogen) atoms. The molecule has 0 spiro atoms. The van der Waals surface area contributed by atoms with Gasteiger partial charge in [-0.25, -0.2) is 9.97 Å². The molecule has 0 saturated heterocycles. The molecule has 3 nitrogen and oxygen atoms in total. The zero-order valence-electron chi connectivity index (χ0n) is 9.95. The van der Waals surface area contributed by atoms with E-state index in [0.717, 1.165) is 23.8 Å². The van der Waals surface area contributed by atoms with Crippen LogP contribution in [0.3, 0.4) is 0 Å². The Labute approximate surface area is 116 Å². The zero-order valence-corrected chi connectivity index (χ0v) is 11.5. The summed E-state index contributed by atoms with van der Waals surface area (Å²) in [6, 6.07) is 7.29. The van der Waals surface area contributed by atoms with Crippen molar-refractivity contribution in [3.8, 4) is 0 Å². The van der Waals surface area contributed by atoms with Crippen LogP contribution in [0.1, 0.15) is 18.3 Å². The van der Waals surface area contributed by atoms with Crippen molar-refractivity contribution >= 4 is 29.0 Å². The minimum absolute atomic E-state index is 0.592. The van der Waals surface area contributed by atoms with Crippen molar-refractivity contribution in [2.75, 3.05) is 11.9 Å². The maximum atomic E-state index is 6.12. The molecule has 1 aromatic carbocycles. The number of benzene rings is 1. The van der Waals surface area contributed by atoms with Gasteiger partial charge in [0.05, 0.1) is 0 Å². The van der Waals surface area contributed by atoms with E-state index in [0.29, 0.717) is 16.5 Å². The Morgan fingerprint density at radius 3 is 2.78 bits per heavy atom. The molecule has 5 heteroatoms. The highest BCUT2D eigenvalue weighted by atomic mass is 35.5.